The van der Waals surface area contributed by atoms with Crippen molar-refractivity contribution < 1.29 is 27.4 Å². The first-order valence-corrected chi connectivity index (χ1v) is 9.78. The predicted molar refractivity (Wildman–Crippen MR) is 93.7 cm³/mol. The van der Waals surface area contributed by atoms with Crippen molar-refractivity contribution in [2.24, 2.45) is 0 Å². The zero-order valence-corrected chi connectivity index (χ0v) is 15.5. The highest BCUT2D eigenvalue weighted by Gasteiger charge is 2.25. The van der Waals surface area contributed by atoms with E-state index >= 15 is 0 Å². The number of rotatable bonds is 8. The van der Waals surface area contributed by atoms with Crippen molar-refractivity contribution in [3.05, 3.63) is 18.2 Å². The van der Waals surface area contributed by atoms with E-state index in [4.69, 9.17) is 14.2 Å². The second-order valence-corrected chi connectivity index (χ2v) is 7.65. The van der Waals surface area contributed by atoms with Crippen LogP contribution in [0.5, 0.6) is 11.5 Å². The molecule has 1 aromatic carbocycles. The number of sulfonamides is 1. The lowest BCUT2D eigenvalue weighted by Gasteiger charge is -2.24. The van der Waals surface area contributed by atoms with E-state index in [9.17, 15) is 13.2 Å². The van der Waals surface area contributed by atoms with Gasteiger partial charge >= 0.3 is 0 Å². The number of nitrogens with one attached hydrogen (secondary N) is 1. The van der Waals surface area contributed by atoms with Crippen molar-refractivity contribution in [3.8, 4) is 11.5 Å². The molecule has 1 aliphatic heterocycles. The first kappa shape index (κ1) is 19.3. The van der Waals surface area contributed by atoms with Crippen molar-refractivity contribution >= 4 is 21.6 Å². The third kappa shape index (κ3) is 5.23. The Bertz CT molecular complexity index is 701. The number of carbonyl (C=O) groups is 1. The van der Waals surface area contributed by atoms with Gasteiger partial charge in [0.05, 0.1) is 32.3 Å². The van der Waals surface area contributed by atoms with Gasteiger partial charge in [-0.15, -0.1) is 0 Å². The smallest absolute Gasteiger partial charge is 0.240 e. The summed E-state index contributed by atoms with van der Waals surface area (Å²) in [4.78, 5) is 12.2. The van der Waals surface area contributed by atoms with E-state index in [-0.39, 0.29) is 18.3 Å². The fourth-order valence-corrected chi connectivity index (χ4v) is 3.44. The van der Waals surface area contributed by atoms with Crippen LogP contribution in [0.1, 0.15) is 12.8 Å². The Hall–Kier alpha value is -2.00. The SMILES string of the molecule is COc1ccc(OC)c(N(CC(=O)NCC2CCCO2)S(C)(=O)=O)c1. The number of hydrogen-bond donors (Lipinski definition) is 1. The van der Waals surface area contributed by atoms with Crippen molar-refractivity contribution in [2.45, 2.75) is 18.9 Å². The molecule has 25 heavy (non-hydrogen) atoms. The Morgan fingerprint density at radius 2 is 2.12 bits per heavy atom. The van der Waals surface area contributed by atoms with Crippen LogP contribution in [0, 0.1) is 0 Å². The number of ether oxygens (including phenoxy) is 3. The summed E-state index contributed by atoms with van der Waals surface area (Å²) in [5.41, 5.74) is 0.247. The fourth-order valence-electron chi connectivity index (χ4n) is 2.59. The van der Waals surface area contributed by atoms with Gasteiger partial charge in [-0.3, -0.25) is 9.10 Å². The van der Waals surface area contributed by atoms with Gasteiger partial charge < -0.3 is 19.5 Å². The monoisotopic (exact) mass is 372 g/mol. The molecule has 1 saturated heterocycles. The number of hydrogen-bond acceptors (Lipinski definition) is 6. The lowest BCUT2D eigenvalue weighted by molar-refractivity contribution is -0.120. The van der Waals surface area contributed by atoms with E-state index in [0.717, 1.165) is 23.4 Å². The molecule has 1 aliphatic rings. The van der Waals surface area contributed by atoms with E-state index < -0.39 is 15.9 Å². The van der Waals surface area contributed by atoms with E-state index in [1.165, 1.54) is 20.3 Å². The van der Waals surface area contributed by atoms with Crippen molar-refractivity contribution in [3.63, 3.8) is 0 Å². The van der Waals surface area contributed by atoms with Gasteiger partial charge in [-0.2, -0.15) is 0 Å². The van der Waals surface area contributed by atoms with Gasteiger partial charge in [0.25, 0.3) is 0 Å². The highest BCUT2D eigenvalue weighted by Crippen LogP contribution is 2.33. The van der Waals surface area contributed by atoms with Gasteiger partial charge in [0.15, 0.2) is 0 Å². The molecule has 1 amide bonds. The number of benzene rings is 1. The zero-order valence-electron chi connectivity index (χ0n) is 14.6. The number of methoxy groups -OCH3 is 2. The normalized spacial score (nSPS) is 17.2. The summed E-state index contributed by atoms with van der Waals surface area (Å²) < 4.78 is 41.3. The highest BCUT2D eigenvalue weighted by molar-refractivity contribution is 7.92. The molecule has 0 spiro atoms. The summed E-state index contributed by atoms with van der Waals surface area (Å²) in [6.45, 7) is 0.706. The molecule has 0 radical (unpaired) electrons. The van der Waals surface area contributed by atoms with Crippen LogP contribution < -0.4 is 19.1 Å². The maximum atomic E-state index is 12.2. The maximum absolute atomic E-state index is 12.2. The van der Waals surface area contributed by atoms with Gasteiger partial charge in [0, 0.05) is 19.2 Å². The van der Waals surface area contributed by atoms with Gasteiger partial charge in [0.2, 0.25) is 15.9 Å². The quantitative estimate of drug-likeness (QED) is 0.724. The molecular weight excluding hydrogens is 348 g/mol. The van der Waals surface area contributed by atoms with Crippen LogP contribution >= 0.6 is 0 Å². The average Bonchev–Trinajstić information content (AvgIpc) is 3.09. The summed E-state index contributed by atoms with van der Waals surface area (Å²) in [5, 5.41) is 2.72. The van der Waals surface area contributed by atoms with Crippen LogP contribution in [0.3, 0.4) is 0 Å². The van der Waals surface area contributed by atoms with Crippen LogP contribution in [0.4, 0.5) is 5.69 Å². The molecule has 0 aromatic heterocycles. The molecule has 140 valence electrons. The molecule has 0 saturated carbocycles. The maximum Gasteiger partial charge on any atom is 0.240 e. The molecular formula is C16H24N2O6S. The molecule has 2 rings (SSSR count). The minimum atomic E-state index is -3.70. The molecule has 1 N–H and O–H groups in total. The van der Waals surface area contributed by atoms with Crippen LogP contribution in [-0.2, 0) is 19.6 Å². The predicted octanol–water partition coefficient (Wildman–Crippen LogP) is 0.765. The molecule has 1 atom stereocenters. The van der Waals surface area contributed by atoms with E-state index in [1.807, 2.05) is 0 Å². The largest absolute Gasteiger partial charge is 0.497 e. The number of amides is 1. The van der Waals surface area contributed by atoms with Crippen LogP contribution in [0.2, 0.25) is 0 Å². The first-order chi connectivity index (χ1) is 11.8. The van der Waals surface area contributed by atoms with Crippen LogP contribution in [0.15, 0.2) is 18.2 Å². The van der Waals surface area contributed by atoms with Crippen molar-refractivity contribution in [1.29, 1.82) is 0 Å². The van der Waals surface area contributed by atoms with Gasteiger partial charge in [-0.05, 0) is 25.0 Å². The molecule has 1 aromatic rings. The molecule has 0 bridgehead atoms. The Balaban J connectivity index is 2.17. The zero-order chi connectivity index (χ0) is 18.4. The molecule has 1 heterocycles. The lowest BCUT2D eigenvalue weighted by Crippen LogP contribution is -2.42. The Morgan fingerprint density at radius 1 is 1.36 bits per heavy atom. The van der Waals surface area contributed by atoms with E-state index in [0.29, 0.717) is 24.7 Å². The molecule has 1 fully saturated rings. The second kappa shape index (κ2) is 8.39. The standard InChI is InChI=1S/C16H24N2O6S/c1-22-12-6-7-15(23-2)14(9-12)18(25(3,20)21)11-16(19)17-10-13-5-4-8-24-13/h6-7,9,13H,4-5,8,10-11H2,1-3H3,(H,17,19). The minimum absolute atomic E-state index is 0.0120. The van der Waals surface area contributed by atoms with Crippen LogP contribution in [0.25, 0.3) is 0 Å². The summed E-state index contributed by atoms with van der Waals surface area (Å²) in [5.74, 6) is 0.383. The fraction of sp³-hybridized carbons (Fsp3) is 0.562. The number of anilines is 1. The third-order valence-corrected chi connectivity index (χ3v) is 5.02. The second-order valence-electron chi connectivity index (χ2n) is 5.75. The number of nitrogens with zero attached hydrogens (tertiary/aromatic N) is 1. The molecule has 8 nitrogen and oxygen atoms in total. The molecule has 1 unspecified atom stereocenters. The Morgan fingerprint density at radius 3 is 2.68 bits per heavy atom. The summed E-state index contributed by atoms with van der Waals surface area (Å²) >= 11 is 0. The summed E-state index contributed by atoms with van der Waals surface area (Å²) in [6, 6.07) is 4.77. The minimum Gasteiger partial charge on any atom is -0.497 e. The number of carbonyl (C=O) groups excluding carboxylic acids is 1. The molecule has 9 heteroatoms. The van der Waals surface area contributed by atoms with Crippen molar-refractivity contribution in [2.75, 3.05) is 44.5 Å². The van der Waals surface area contributed by atoms with E-state index in [1.54, 1.807) is 12.1 Å². The van der Waals surface area contributed by atoms with Crippen LogP contribution in [-0.4, -0.2) is 60.6 Å². The van der Waals surface area contributed by atoms with Crippen molar-refractivity contribution in [1.82, 2.24) is 5.32 Å². The van der Waals surface area contributed by atoms with Gasteiger partial charge in [-0.25, -0.2) is 8.42 Å². The lowest BCUT2D eigenvalue weighted by atomic mass is 10.2. The highest BCUT2D eigenvalue weighted by atomic mass is 32.2. The topological polar surface area (TPSA) is 94.2 Å². The summed E-state index contributed by atoms with van der Waals surface area (Å²) in [7, 11) is -0.792. The first-order valence-electron chi connectivity index (χ1n) is 7.93. The Kier molecular flexibility index (Phi) is 6.49. The van der Waals surface area contributed by atoms with Gasteiger partial charge in [0.1, 0.15) is 18.0 Å². The molecule has 0 aliphatic carbocycles. The summed E-state index contributed by atoms with van der Waals surface area (Å²) in [6.07, 6.45) is 2.89. The Labute approximate surface area is 148 Å². The third-order valence-electron chi connectivity index (χ3n) is 3.89. The van der Waals surface area contributed by atoms with E-state index in [2.05, 4.69) is 5.32 Å². The average molecular weight is 372 g/mol. The van der Waals surface area contributed by atoms with Gasteiger partial charge in [-0.1, -0.05) is 0 Å².